The molecule has 2 fully saturated rings. The van der Waals surface area contributed by atoms with E-state index in [1.807, 2.05) is 17.9 Å². The van der Waals surface area contributed by atoms with Crippen LogP contribution in [0.4, 0.5) is 0 Å². The maximum atomic E-state index is 12.8. The van der Waals surface area contributed by atoms with E-state index in [1.165, 1.54) is 4.90 Å². The van der Waals surface area contributed by atoms with Gasteiger partial charge >= 0.3 is 0 Å². The van der Waals surface area contributed by atoms with Gasteiger partial charge in [-0.1, -0.05) is 22.0 Å². The summed E-state index contributed by atoms with van der Waals surface area (Å²) < 4.78 is 6.34. The second-order valence-electron chi connectivity index (χ2n) is 6.30. The molecule has 0 radical (unpaired) electrons. The van der Waals surface area contributed by atoms with E-state index in [1.54, 1.807) is 18.2 Å². The van der Waals surface area contributed by atoms with Gasteiger partial charge in [0.05, 0.1) is 12.7 Å². The largest absolute Gasteiger partial charge is 0.378 e. The lowest BCUT2D eigenvalue weighted by molar-refractivity contribution is -0.486. The van der Waals surface area contributed by atoms with Crippen LogP contribution in [0.25, 0.3) is 0 Å². The van der Waals surface area contributed by atoms with Gasteiger partial charge in [0, 0.05) is 35.6 Å². The fraction of sp³-hybridized carbons (Fsp3) is 0.500. The number of hydrogen-bond donors (Lipinski definition) is 0. The SMILES string of the molecule is CC1CC(CN2CCN(C(=O)c3cccc(Br)c3)C2=N[N+](=O)[O-])CO1. The molecule has 0 bridgehead atoms. The molecular formula is C16H19BrN4O4. The number of amides is 1. The molecule has 2 aliphatic heterocycles. The Morgan fingerprint density at radius 1 is 1.48 bits per heavy atom. The molecule has 2 unspecified atom stereocenters. The van der Waals surface area contributed by atoms with E-state index in [9.17, 15) is 14.9 Å². The van der Waals surface area contributed by atoms with E-state index < -0.39 is 5.03 Å². The molecule has 2 aliphatic rings. The molecular weight excluding hydrogens is 392 g/mol. The van der Waals surface area contributed by atoms with Crippen LogP contribution >= 0.6 is 15.9 Å². The van der Waals surface area contributed by atoms with Crippen LogP contribution in [0.1, 0.15) is 23.7 Å². The molecule has 2 atom stereocenters. The minimum atomic E-state index is -0.747. The van der Waals surface area contributed by atoms with Gasteiger partial charge in [0.15, 0.2) is 5.03 Å². The molecule has 0 aliphatic carbocycles. The lowest BCUT2D eigenvalue weighted by Crippen LogP contribution is -2.40. The van der Waals surface area contributed by atoms with Gasteiger partial charge in [-0.15, -0.1) is 0 Å². The standard InChI is InChI=1S/C16H19BrN4O4/c1-11-7-12(10-25-11)9-19-5-6-20(16(19)18-21(23)24)15(22)13-3-2-4-14(17)8-13/h2-4,8,11-12H,5-7,9-10H2,1H3. The molecule has 25 heavy (non-hydrogen) atoms. The van der Waals surface area contributed by atoms with E-state index in [2.05, 4.69) is 21.0 Å². The molecule has 0 saturated carbocycles. The highest BCUT2D eigenvalue weighted by Gasteiger charge is 2.36. The van der Waals surface area contributed by atoms with Crippen molar-refractivity contribution in [1.29, 1.82) is 0 Å². The molecule has 3 rings (SSSR count). The number of carbonyl (C=O) groups is 1. The summed E-state index contributed by atoms with van der Waals surface area (Å²) in [6.07, 6.45) is 1.10. The van der Waals surface area contributed by atoms with Gasteiger partial charge in [0.1, 0.15) is 5.10 Å². The number of nitrogens with zero attached hydrogens (tertiary/aromatic N) is 4. The molecule has 9 heteroatoms. The van der Waals surface area contributed by atoms with Crippen molar-refractivity contribution >= 4 is 27.8 Å². The first-order valence-corrected chi connectivity index (χ1v) is 8.90. The van der Waals surface area contributed by atoms with E-state index >= 15 is 0 Å². The van der Waals surface area contributed by atoms with Crippen LogP contribution in [0.2, 0.25) is 0 Å². The van der Waals surface area contributed by atoms with Crippen molar-refractivity contribution < 1.29 is 14.6 Å². The van der Waals surface area contributed by atoms with Gasteiger partial charge in [-0.05, 0) is 31.5 Å². The molecule has 0 N–H and O–H groups in total. The number of hydrogen-bond acceptors (Lipinski definition) is 4. The zero-order chi connectivity index (χ0) is 18.0. The number of ether oxygens (including phenoxy) is 1. The smallest absolute Gasteiger partial charge is 0.281 e. The van der Waals surface area contributed by atoms with Crippen molar-refractivity contribution in [1.82, 2.24) is 9.80 Å². The summed E-state index contributed by atoms with van der Waals surface area (Å²) in [6.45, 7) is 4.14. The van der Waals surface area contributed by atoms with E-state index in [0.717, 1.165) is 10.9 Å². The van der Waals surface area contributed by atoms with Gasteiger partial charge < -0.3 is 9.64 Å². The number of guanidine groups is 1. The first kappa shape index (κ1) is 17.8. The maximum Gasteiger partial charge on any atom is 0.281 e. The van der Waals surface area contributed by atoms with Gasteiger partial charge in [-0.2, -0.15) is 0 Å². The molecule has 2 heterocycles. The predicted octanol–water partition coefficient (Wildman–Crippen LogP) is 2.18. The average Bonchev–Trinajstić information content (AvgIpc) is 3.13. The summed E-state index contributed by atoms with van der Waals surface area (Å²) in [4.78, 5) is 26.9. The Bertz CT molecular complexity index is 711. The number of halogens is 1. The summed E-state index contributed by atoms with van der Waals surface area (Å²) in [5.41, 5.74) is 0.463. The molecule has 0 aromatic heterocycles. The van der Waals surface area contributed by atoms with Gasteiger partial charge in [-0.25, -0.2) is 10.1 Å². The fourth-order valence-electron chi connectivity index (χ4n) is 3.27. The number of nitro groups is 1. The molecule has 1 amide bonds. The third-order valence-corrected chi connectivity index (χ3v) is 4.86. The van der Waals surface area contributed by atoms with Gasteiger partial charge in [0.2, 0.25) is 0 Å². The quantitative estimate of drug-likeness (QED) is 0.560. The monoisotopic (exact) mass is 410 g/mol. The first-order chi connectivity index (χ1) is 11.9. The van der Waals surface area contributed by atoms with Crippen LogP contribution in [0.15, 0.2) is 33.8 Å². The summed E-state index contributed by atoms with van der Waals surface area (Å²) in [7, 11) is 0. The number of carbonyl (C=O) groups excluding carboxylic acids is 1. The van der Waals surface area contributed by atoms with Crippen LogP contribution in [0, 0.1) is 16.0 Å². The average molecular weight is 411 g/mol. The summed E-state index contributed by atoms with van der Waals surface area (Å²) in [5, 5.41) is 13.7. The normalized spacial score (nSPS) is 25.0. The highest BCUT2D eigenvalue weighted by Crippen LogP contribution is 2.23. The molecule has 0 spiro atoms. The lowest BCUT2D eigenvalue weighted by atomic mass is 10.1. The molecule has 2 saturated heterocycles. The van der Waals surface area contributed by atoms with Crippen LogP contribution in [0.3, 0.4) is 0 Å². The highest BCUT2D eigenvalue weighted by molar-refractivity contribution is 9.10. The maximum absolute atomic E-state index is 12.8. The van der Waals surface area contributed by atoms with Crippen molar-refractivity contribution in [3.8, 4) is 0 Å². The fourth-order valence-corrected chi connectivity index (χ4v) is 3.67. The number of rotatable bonds is 4. The topological polar surface area (TPSA) is 88.3 Å². The Morgan fingerprint density at radius 2 is 2.28 bits per heavy atom. The van der Waals surface area contributed by atoms with Crippen LogP contribution in [-0.2, 0) is 4.74 Å². The zero-order valence-corrected chi connectivity index (χ0v) is 15.4. The van der Waals surface area contributed by atoms with E-state index in [-0.39, 0.29) is 23.9 Å². The molecule has 134 valence electrons. The number of benzene rings is 1. The Hall–Kier alpha value is -2.00. The molecule has 1 aromatic rings. The Balaban J connectivity index is 1.79. The first-order valence-electron chi connectivity index (χ1n) is 8.11. The van der Waals surface area contributed by atoms with Crippen molar-refractivity contribution in [2.75, 3.05) is 26.2 Å². The second kappa shape index (κ2) is 7.49. The molecule has 1 aromatic carbocycles. The Labute approximate surface area is 153 Å². The van der Waals surface area contributed by atoms with E-state index in [4.69, 9.17) is 4.74 Å². The summed E-state index contributed by atoms with van der Waals surface area (Å²) >= 11 is 3.34. The minimum Gasteiger partial charge on any atom is -0.378 e. The van der Waals surface area contributed by atoms with E-state index in [0.29, 0.717) is 31.8 Å². The minimum absolute atomic E-state index is 0.106. The highest BCUT2D eigenvalue weighted by atomic mass is 79.9. The lowest BCUT2D eigenvalue weighted by Gasteiger charge is -2.22. The zero-order valence-electron chi connectivity index (χ0n) is 13.8. The van der Waals surface area contributed by atoms with Crippen molar-refractivity contribution in [2.45, 2.75) is 19.4 Å². The number of hydrazone groups is 1. The van der Waals surface area contributed by atoms with Crippen LogP contribution < -0.4 is 0 Å². The summed E-state index contributed by atoms with van der Waals surface area (Å²) in [6, 6.07) is 6.96. The van der Waals surface area contributed by atoms with Gasteiger partial charge in [-0.3, -0.25) is 9.69 Å². The van der Waals surface area contributed by atoms with Crippen molar-refractivity contribution in [3.63, 3.8) is 0 Å². The predicted molar refractivity (Wildman–Crippen MR) is 94.7 cm³/mol. The van der Waals surface area contributed by atoms with Crippen molar-refractivity contribution in [2.24, 2.45) is 11.0 Å². The summed E-state index contributed by atoms with van der Waals surface area (Å²) in [5.74, 6) is 0.0999. The van der Waals surface area contributed by atoms with Gasteiger partial charge in [0.25, 0.3) is 11.9 Å². The Kier molecular flexibility index (Phi) is 5.33. The third-order valence-electron chi connectivity index (χ3n) is 4.37. The Morgan fingerprint density at radius 3 is 2.92 bits per heavy atom. The molecule has 8 nitrogen and oxygen atoms in total. The van der Waals surface area contributed by atoms with Crippen LogP contribution in [0.5, 0.6) is 0 Å². The van der Waals surface area contributed by atoms with Crippen LogP contribution in [-0.4, -0.2) is 59.0 Å². The second-order valence-corrected chi connectivity index (χ2v) is 7.21. The van der Waals surface area contributed by atoms with Crippen molar-refractivity contribution in [3.05, 3.63) is 44.4 Å². The third kappa shape index (κ3) is 4.16.